The third kappa shape index (κ3) is 4.98. The first kappa shape index (κ1) is 19.1. The van der Waals surface area contributed by atoms with Crippen LogP contribution in [0.1, 0.15) is 33.3 Å². The molecule has 3 nitrogen and oxygen atoms in total. The largest absolute Gasteiger partial charge is 0.350 e. The highest BCUT2D eigenvalue weighted by Crippen LogP contribution is 2.25. The van der Waals surface area contributed by atoms with Crippen LogP contribution in [0.3, 0.4) is 0 Å². The van der Waals surface area contributed by atoms with E-state index in [1.807, 2.05) is 84.2 Å². The summed E-state index contributed by atoms with van der Waals surface area (Å²) in [5, 5.41) is 6.16. The van der Waals surface area contributed by atoms with Crippen molar-refractivity contribution in [3.63, 3.8) is 0 Å². The zero-order valence-electron chi connectivity index (χ0n) is 16.0. The fourth-order valence-electron chi connectivity index (χ4n) is 3.35. The van der Waals surface area contributed by atoms with E-state index in [1.165, 1.54) is 5.56 Å². The molecule has 0 saturated heterocycles. The van der Waals surface area contributed by atoms with Crippen LogP contribution in [0, 0.1) is 0 Å². The second-order valence-electron chi connectivity index (χ2n) is 6.87. The van der Waals surface area contributed by atoms with Crippen molar-refractivity contribution in [1.29, 1.82) is 0 Å². The molecule has 0 fully saturated rings. The lowest BCUT2D eigenvalue weighted by Crippen LogP contribution is -2.29. The highest BCUT2D eigenvalue weighted by Gasteiger charge is 2.22. The van der Waals surface area contributed by atoms with Crippen molar-refractivity contribution in [1.82, 2.24) is 10.3 Å². The minimum atomic E-state index is -0.333. The molecule has 0 saturated carbocycles. The van der Waals surface area contributed by atoms with E-state index in [1.54, 1.807) is 11.3 Å². The van der Waals surface area contributed by atoms with Gasteiger partial charge < -0.3 is 5.32 Å². The van der Waals surface area contributed by atoms with Gasteiger partial charge in [0.25, 0.3) is 0 Å². The summed E-state index contributed by atoms with van der Waals surface area (Å²) < 4.78 is 0. The van der Waals surface area contributed by atoms with Gasteiger partial charge in [0.15, 0.2) is 0 Å². The fourth-order valence-corrected chi connectivity index (χ4v) is 4.18. The quantitative estimate of drug-likeness (QED) is 0.466. The zero-order chi connectivity index (χ0) is 19.9. The lowest BCUT2D eigenvalue weighted by atomic mass is 9.90. The molecule has 0 aliphatic heterocycles. The number of aromatic nitrogens is 1. The molecule has 1 N–H and O–H groups in total. The Morgan fingerprint density at radius 2 is 1.38 bits per heavy atom. The smallest absolute Gasteiger partial charge is 0.232 e. The number of nitrogens with zero attached hydrogens (tertiary/aromatic N) is 1. The minimum Gasteiger partial charge on any atom is -0.350 e. The lowest BCUT2D eigenvalue weighted by Gasteiger charge is -2.17. The van der Waals surface area contributed by atoms with Crippen LogP contribution < -0.4 is 5.32 Å². The van der Waals surface area contributed by atoms with Crippen molar-refractivity contribution in [3.05, 3.63) is 124 Å². The van der Waals surface area contributed by atoms with E-state index in [-0.39, 0.29) is 11.8 Å². The van der Waals surface area contributed by atoms with E-state index >= 15 is 0 Å². The Morgan fingerprint density at radius 1 is 0.828 bits per heavy atom. The van der Waals surface area contributed by atoms with Crippen LogP contribution in [-0.4, -0.2) is 10.9 Å². The predicted octanol–water partition coefficient (Wildman–Crippen LogP) is 5.18. The van der Waals surface area contributed by atoms with E-state index in [4.69, 9.17) is 0 Å². The molecule has 1 aromatic heterocycles. The number of carbonyl (C=O) groups excluding carboxylic acids is 1. The van der Waals surface area contributed by atoms with Crippen LogP contribution in [0.4, 0.5) is 0 Å². The van der Waals surface area contributed by atoms with Crippen LogP contribution in [0.25, 0.3) is 0 Å². The molecule has 0 unspecified atom stereocenters. The molecule has 144 valence electrons. The summed E-state index contributed by atoms with van der Waals surface area (Å²) in [5.41, 5.74) is 4.11. The van der Waals surface area contributed by atoms with Gasteiger partial charge >= 0.3 is 0 Å². The Hall–Kier alpha value is -3.24. The second-order valence-corrected chi connectivity index (χ2v) is 7.81. The third-order valence-electron chi connectivity index (χ3n) is 4.77. The summed E-state index contributed by atoms with van der Waals surface area (Å²) in [6.45, 7) is 0.431. The molecule has 29 heavy (non-hydrogen) atoms. The summed E-state index contributed by atoms with van der Waals surface area (Å²) in [7, 11) is 0. The van der Waals surface area contributed by atoms with Crippen molar-refractivity contribution in [3.8, 4) is 0 Å². The number of benzene rings is 3. The molecule has 0 spiro atoms. The molecule has 0 atom stereocenters. The average Bonchev–Trinajstić information content (AvgIpc) is 3.22. The maximum atomic E-state index is 13.1. The molecule has 1 amide bonds. The van der Waals surface area contributed by atoms with Crippen LogP contribution in [0.5, 0.6) is 0 Å². The van der Waals surface area contributed by atoms with Crippen LogP contribution in [-0.2, 0) is 17.8 Å². The van der Waals surface area contributed by atoms with Crippen molar-refractivity contribution in [2.45, 2.75) is 18.9 Å². The Balaban J connectivity index is 1.45. The summed E-state index contributed by atoms with van der Waals surface area (Å²) in [4.78, 5) is 17.8. The van der Waals surface area contributed by atoms with Crippen LogP contribution in [0.15, 0.2) is 96.4 Å². The molecule has 0 aliphatic rings. The fraction of sp³-hybridized carbons (Fsp3) is 0.120. The summed E-state index contributed by atoms with van der Waals surface area (Å²) in [5.74, 6) is -0.347. The van der Waals surface area contributed by atoms with E-state index in [0.29, 0.717) is 6.54 Å². The predicted molar refractivity (Wildman–Crippen MR) is 118 cm³/mol. The zero-order valence-corrected chi connectivity index (χ0v) is 16.8. The lowest BCUT2D eigenvalue weighted by molar-refractivity contribution is -0.121. The number of rotatable bonds is 7. The van der Waals surface area contributed by atoms with Crippen molar-refractivity contribution < 1.29 is 4.79 Å². The monoisotopic (exact) mass is 398 g/mol. The van der Waals surface area contributed by atoms with Crippen molar-refractivity contribution in [2.75, 3.05) is 0 Å². The number of thiazole rings is 1. The number of nitrogens with one attached hydrogen (secondary N) is 1. The van der Waals surface area contributed by atoms with Gasteiger partial charge in [-0.3, -0.25) is 4.79 Å². The molecule has 4 rings (SSSR count). The van der Waals surface area contributed by atoms with E-state index < -0.39 is 0 Å². The molecule has 0 aliphatic carbocycles. The molecule has 0 bridgehead atoms. The Bertz CT molecular complexity index is 1010. The van der Waals surface area contributed by atoms with Crippen molar-refractivity contribution in [2.24, 2.45) is 0 Å². The number of hydrogen-bond acceptors (Lipinski definition) is 3. The average molecular weight is 399 g/mol. The van der Waals surface area contributed by atoms with E-state index in [0.717, 1.165) is 28.2 Å². The van der Waals surface area contributed by atoms with Crippen molar-refractivity contribution >= 4 is 17.2 Å². The van der Waals surface area contributed by atoms with Gasteiger partial charge in [0, 0.05) is 11.8 Å². The summed E-state index contributed by atoms with van der Waals surface area (Å²) in [6.07, 6.45) is 0.816. The number of amides is 1. The second kappa shape index (κ2) is 9.30. The molecule has 3 aromatic carbocycles. The highest BCUT2D eigenvalue weighted by atomic mass is 32.1. The first-order valence-electron chi connectivity index (χ1n) is 9.64. The van der Waals surface area contributed by atoms with Gasteiger partial charge in [0.1, 0.15) is 0 Å². The molecule has 4 aromatic rings. The third-order valence-corrected chi connectivity index (χ3v) is 5.67. The Kier molecular flexibility index (Phi) is 6.13. The highest BCUT2D eigenvalue weighted by molar-refractivity contribution is 7.09. The van der Waals surface area contributed by atoms with Gasteiger partial charge in [-0.05, 0) is 16.7 Å². The van der Waals surface area contributed by atoms with E-state index in [9.17, 15) is 4.79 Å². The van der Waals surface area contributed by atoms with Gasteiger partial charge in [-0.1, -0.05) is 91.0 Å². The molecule has 1 heterocycles. The molecule has 4 heteroatoms. The maximum Gasteiger partial charge on any atom is 0.232 e. The van der Waals surface area contributed by atoms with Gasteiger partial charge in [-0.15, -0.1) is 11.3 Å². The van der Waals surface area contributed by atoms with Crippen LogP contribution >= 0.6 is 11.3 Å². The summed E-state index contributed by atoms with van der Waals surface area (Å²) >= 11 is 1.63. The topological polar surface area (TPSA) is 42.0 Å². The number of hydrogen-bond donors (Lipinski definition) is 1. The van der Waals surface area contributed by atoms with Gasteiger partial charge in [-0.2, -0.15) is 0 Å². The van der Waals surface area contributed by atoms with Gasteiger partial charge in [0.05, 0.1) is 23.2 Å². The standard InChI is InChI=1S/C25H22N2OS/c28-25(24(20-12-6-2-7-13-20)21-14-8-3-9-15-21)26-17-22-18-29-23(27-22)16-19-10-4-1-5-11-19/h1-15,18,24H,16-17H2,(H,26,28). The minimum absolute atomic E-state index is 0.0139. The molecule has 0 radical (unpaired) electrons. The number of carbonyl (C=O) groups is 1. The molecular formula is C25H22N2OS. The first-order chi connectivity index (χ1) is 14.3. The Morgan fingerprint density at radius 3 is 1.97 bits per heavy atom. The normalized spacial score (nSPS) is 10.8. The summed E-state index contributed by atoms with van der Waals surface area (Å²) in [6, 6.07) is 30.1. The van der Waals surface area contributed by atoms with Gasteiger partial charge in [0.2, 0.25) is 5.91 Å². The molecular weight excluding hydrogens is 376 g/mol. The SMILES string of the molecule is O=C(NCc1csc(Cc2ccccc2)n1)C(c1ccccc1)c1ccccc1. The Labute approximate surface area is 175 Å². The first-order valence-corrected chi connectivity index (χ1v) is 10.5. The van der Waals surface area contributed by atoms with E-state index in [2.05, 4.69) is 22.4 Å². The maximum absolute atomic E-state index is 13.1. The van der Waals surface area contributed by atoms with Gasteiger partial charge in [-0.25, -0.2) is 4.98 Å². The van der Waals surface area contributed by atoms with Crippen LogP contribution in [0.2, 0.25) is 0 Å².